The van der Waals surface area contributed by atoms with Gasteiger partial charge < -0.3 is 0 Å². The minimum Gasteiger partial charge on any atom is -0.270 e. The molecule has 0 aliphatic heterocycles. The average molecular weight is 99.1 g/mol. The lowest BCUT2D eigenvalue weighted by molar-refractivity contribution is 0.504. The van der Waals surface area contributed by atoms with E-state index in [1.807, 2.05) is 6.07 Å². The Balaban J connectivity index is 3.66. The van der Waals surface area contributed by atoms with E-state index in [1.165, 1.54) is 0 Å². The van der Waals surface area contributed by atoms with Gasteiger partial charge in [0.15, 0.2) is 0 Å². The van der Waals surface area contributed by atoms with Crippen molar-refractivity contribution in [3.63, 3.8) is 0 Å². The largest absolute Gasteiger partial charge is 0.270 e. The highest BCUT2D eigenvalue weighted by Crippen LogP contribution is 1.93. The molecule has 0 bridgehead atoms. The second kappa shape index (κ2) is 1.92. The molecule has 0 rings (SSSR count). The van der Waals surface area contributed by atoms with Crippen LogP contribution in [0.2, 0.25) is 0 Å². The van der Waals surface area contributed by atoms with Gasteiger partial charge >= 0.3 is 0 Å². The molecule has 0 aromatic carbocycles. The summed E-state index contributed by atoms with van der Waals surface area (Å²) in [6.45, 7) is 3.40. The monoisotopic (exact) mass is 99.1 g/mol. The summed E-state index contributed by atoms with van der Waals surface area (Å²) in [4.78, 5) is 0. The molecule has 0 spiro atoms. The molecule has 0 fully saturated rings. The molecule has 0 saturated carbocycles. The first-order valence-electron chi connectivity index (χ1n) is 2.01. The number of nitrogens with one attached hydrogen (secondary N) is 1. The van der Waals surface area contributed by atoms with Crippen LogP contribution in [-0.4, -0.2) is 5.54 Å². The third kappa shape index (κ3) is 2.15. The van der Waals surface area contributed by atoms with Gasteiger partial charge in [0, 0.05) is 0 Å². The molecule has 0 heterocycles. The second-order valence-electron chi connectivity index (χ2n) is 1.88. The first-order valence-corrected chi connectivity index (χ1v) is 2.01. The molecule has 0 aliphatic rings. The van der Waals surface area contributed by atoms with Crippen molar-refractivity contribution in [2.24, 2.45) is 5.84 Å². The summed E-state index contributed by atoms with van der Waals surface area (Å²) < 4.78 is 0. The van der Waals surface area contributed by atoms with Crippen molar-refractivity contribution in [3.05, 3.63) is 0 Å². The van der Waals surface area contributed by atoms with Crippen molar-refractivity contribution in [3.8, 4) is 6.07 Å². The Labute approximate surface area is 43.1 Å². The molecule has 0 saturated heterocycles. The summed E-state index contributed by atoms with van der Waals surface area (Å²) in [6.07, 6.45) is 0. The number of nitrogens with zero attached hydrogens (tertiary/aromatic N) is 1. The molecule has 3 N–H and O–H groups in total. The van der Waals surface area contributed by atoms with Crippen LogP contribution >= 0.6 is 0 Å². The molecule has 3 nitrogen and oxygen atoms in total. The van der Waals surface area contributed by atoms with E-state index in [4.69, 9.17) is 11.1 Å². The zero-order valence-corrected chi connectivity index (χ0v) is 4.52. The lowest BCUT2D eigenvalue weighted by Gasteiger charge is -2.10. The fourth-order valence-corrected chi connectivity index (χ4v) is 0.0323. The minimum absolute atomic E-state index is 0.583. The molecule has 0 aromatic heterocycles. The minimum atomic E-state index is -0.583. The van der Waals surface area contributed by atoms with E-state index in [1.54, 1.807) is 13.8 Å². The Hall–Kier alpha value is -0.590. The highest BCUT2D eigenvalue weighted by Gasteiger charge is 2.11. The van der Waals surface area contributed by atoms with E-state index in [2.05, 4.69) is 5.43 Å². The summed E-state index contributed by atoms with van der Waals surface area (Å²) in [5.74, 6) is 4.94. The Bertz CT molecular complexity index is 89.6. The molecule has 40 valence electrons. The van der Waals surface area contributed by atoms with E-state index < -0.39 is 5.54 Å². The number of hydrazine groups is 1. The van der Waals surface area contributed by atoms with E-state index in [-0.39, 0.29) is 0 Å². The van der Waals surface area contributed by atoms with Crippen LogP contribution in [0.15, 0.2) is 0 Å². The third-order valence-corrected chi connectivity index (χ3v) is 0.640. The van der Waals surface area contributed by atoms with Crippen LogP contribution in [0.25, 0.3) is 0 Å². The molecule has 0 atom stereocenters. The van der Waals surface area contributed by atoms with Crippen LogP contribution in [0, 0.1) is 11.3 Å². The van der Waals surface area contributed by atoms with Gasteiger partial charge in [-0.05, 0) is 13.8 Å². The van der Waals surface area contributed by atoms with Crippen molar-refractivity contribution in [2.45, 2.75) is 19.4 Å². The first kappa shape index (κ1) is 6.41. The summed E-state index contributed by atoms with van der Waals surface area (Å²) in [5.41, 5.74) is 1.75. The highest BCUT2D eigenvalue weighted by molar-refractivity contribution is 4.97. The van der Waals surface area contributed by atoms with Gasteiger partial charge in [0.05, 0.1) is 6.07 Å². The van der Waals surface area contributed by atoms with Crippen molar-refractivity contribution in [1.82, 2.24) is 5.43 Å². The quantitative estimate of drug-likeness (QED) is 0.352. The molecular weight excluding hydrogens is 90.1 g/mol. The van der Waals surface area contributed by atoms with Crippen LogP contribution in [0.5, 0.6) is 0 Å². The molecule has 0 radical (unpaired) electrons. The van der Waals surface area contributed by atoms with Gasteiger partial charge in [-0.15, -0.1) is 0 Å². The third-order valence-electron chi connectivity index (χ3n) is 0.640. The van der Waals surface area contributed by atoms with Gasteiger partial charge in [0.25, 0.3) is 0 Å². The van der Waals surface area contributed by atoms with Crippen LogP contribution in [0.3, 0.4) is 0 Å². The number of nitrogens with two attached hydrogens (primary N) is 1. The lowest BCUT2D eigenvalue weighted by Crippen LogP contribution is -2.42. The van der Waals surface area contributed by atoms with Crippen LogP contribution in [-0.2, 0) is 0 Å². The van der Waals surface area contributed by atoms with Gasteiger partial charge in [-0.1, -0.05) is 0 Å². The van der Waals surface area contributed by atoms with Gasteiger partial charge in [-0.25, -0.2) is 5.43 Å². The van der Waals surface area contributed by atoms with Crippen molar-refractivity contribution >= 4 is 0 Å². The molecular formula is C4H9N3. The molecule has 0 aliphatic carbocycles. The summed E-state index contributed by atoms with van der Waals surface area (Å²) in [6, 6.07) is 1.95. The normalized spacial score (nSPS) is 10.6. The number of nitriles is 1. The number of rotatable bonds is 1. The van der Waals surface area contributed by atoms with E-state index in [0.29, 0.717) is 0 Å². The van der Waals surface area contributed by atoms with Crippen molar-refractivity contribution in [2.75, 3.05) is 0 Å². The smallest absolute Gasteiger partial charge is 0.113 e. The molecule has 3 heteroatoms. The van der Waals surface area contributed by atoms with Crippen LogP contribution < -0.4 is 11.3 Å². The van der Waals surface area contributed by atoms with Crippen molar-refractivity contribution in [1.29, 1.82) is 5.26 Å². The van der Waals surface area contributed by atoms with Crippen molar-refractivity contribution < 1.29 is 0 Å². The zero-order chi connectivity index (χ0) is 5.91. The predicted molar refractivity (Wildman–Crippen MR) is 27.0 cm³/mol. The van der Waals surface area contributed by atoms with Gasteiger partial charge in [-0.3, -0.25) is 5.84 Å². The Morgan fingerprint density at radius 2 is 2.14 bits per heavy atom. The van der Waals surface area contributed by atoms with Crippen LogP contribution in [0.4, 0.5) is 0 Å². The Morgan fingerprint density at radius 3 is 2.14 bits per heavy atom. The highest BCUT2D eigenvalue weighted by atomic mass is 15.3. The van der Waals surface area contributed by atoms with Crippen LogP contribution in [0.1, 0.15) is 13.8 Å². The van der Waals surface area contributed by atoms with Gasteiger partial charge in [0.1, 0.15) is 5.54 Å². The lowest BCUT2D eigenvalue weighted by atomic mass is 10.1. The van der Waals surface area contributed by atoms with E-state index >= 15 is 0 Å². The molecule has 0 aromatic rings. The number of hydrogen-bond donors (Lipinski definition) is 2. The van der Waals surface area contributed by atoms with Gasteiger partial charge in [-0.2, -0.15) is 5.26 Å². The first-order chi connectivity index (χ1) is 3.12. The molecule has 0 unspecified atom stereocenters. The van der Waals surface area contributed by atoms with E-state index in [9.17, 15) is 0 Å². The maximum atomic E-state index is 8.20. The maximum Gasteiger partial charge on any atom is 0.113 e. The second-order valence-corrected chi connectivity index (χ2v) is 1.88. The fourth-order valence-electron chi connectivity index (χ4n) is 0.0323. The predicted octanol–water partition coefficient (Wildman–Crippen LogP) is -0.248. The Morgan fingerprint density at radius 1 is 1.71 bits per heavy atom. The van der Waals surface area contributed by atoms with E-state index in [0.717, 1.165) is 0 Å². The summed E-state index contributed by atoms with van der Waals surface area (Å²) in [7, 11) is 0. The standard InChI is InChI=1S/C4H9N3/c1-4(2,3-5)7-6/h7H,6H2,1-2H3. The van der Waals surface area contributed by atoms with Gasteiger partial charge in [0.2, 0.25) is 0 Å². The average Bonchev–Trinajstić information content (AvgIpc) is 1.68. The molecule has 7 heavy (non-hydrogen) atoms. The molecule has 0 amide bonds. The number of hydrogen-bond acceptors (Lipinski definition) is 3. The fraction of sp³-hybridized carbons (Fsp3) is 0.750. The summed E-state index contributed by atoms with van der Waals surface area (Å²) >= 11 is 0. The zero-order valence-electron chi connectivity index (χ0n) is 4.52. The maximum absolute atomic E-state index is 8.20. The SMILES string of the molecule is CC(C)(C#N)NN. The summed E-state index contributed by atoms with van der Waals surface area (Å²) in [5, 5.41) is 8.20. The topological polar surface area (TPSA) is 61.8 Å². The Kier molecular flexibility index (Phi) is 1.75.